The monoisotopic (exact) mass is 348 g/mol. The van der Waals surface area contributed by atoms with Gasteiger partial charge in [0.05, 0.1) is 17.7 Å². The van der Waals surface area contributed by atoms with Gasteiger partial charge >= 0.3 is 0 Å². The number of nitriles is 1. The number of rotatable bonds is 5. The Labute approximate surface area is 154 Å². The van der Waals surface area contributed by atoms with Crippen LogP contribution in [0.3, 0.4) is 0 Å². The van der Waals surface area contributed by atoms with Crippen LogP contribution in [0.5, 0.6) is 0 Å². The highest BCUT2D eigenvalue weighted by molar-refractivity contribution is 5.94. The number of amides is 1. The minimum absolute atomic E-state index is 0.0309. The smallest absolute Gasteiger partial charge is 0.241 e. The fourth-order valence-electron chi connectivity index (χ4n) is 3.23. The molecule has 0 unspecified atom stereocenters. The maximum absolute atomic E-state index is 12.5. The summed E-state index contributed by atoms with van der Waals surface area (Å²) < 4.78 is 0. The fraction of sp³-hybridized carbons (Fsp3) is 0.333. The van der Waals surface area contributed by atoms with Crippen LogP contribution in [0.2, 0.25) is 0 Å². The average molecular weight is 348 g/mol. The van der Waals surface area contributed by atoms with Crippen LogP contribution in [-0.2, 0) is 11.3 Å². The zero-order valence-corrected chi connectivity index (χ0v) is 15.1. The second kappa shape index (κ2) is 8.61. The second-order valence-corrected chi connectivity index (χ2v) is 6.66. The molecule has 0 bridgehead atoms. The summed E-state index contributed by atoms with van der Waals surface area (Å²) in [5.41, 5.74) is 2.54. The molecular formula is C21H24N4O. The van der Waals surface area contributed by atoms with Crippen molar-refractivity contribution in [1.82, 2.24) is 9.80 Å². The van der Waals surface area contributed by atoms with Gasteiger partial charge in [-0.3, -0.25) is 14.6 Å². The fourth-order valence-corrected chi connectivity index (χ4v) is 3.23. The lowest BCUT2D eigenvalue weighted by Crippen LogP contribution is -2.52. The minimum Gasteiger partial charge on any atom is -0.325 e. The molecule has 1 heterocycles. The van der Waals surface area contributed by atoms with Crippen LogP contribution in [-0.4, -0.2) is 47.9 Å². The first-order valence-corrected chi connectivity index (χ1v) is 8.97. The number of benzene rings is 2. The van der Waals surface area contributed by atoms with Gasteiger partial charge in [0.1, 0.15) is 0 Å². The molecule has 0 saturated carbocycles. The van der Waals surface area contributed by atoms with Crippen molar-refractivity contribution in [3.8, 4) is 6.07 Å². The molecule has 2 aromatic carbocycles. The zero-order chi connectivity index (χ0) is 18.4. The van der Waals surface area contributed by atoms with E-state index in [9.17, 15) is 4.79 Å². The minimum atomic E-state index is -0.195. The highest BCUT2D eigenvalue weighted by atomic mass is 16.2. The summed E-state index contributed by atoms with van der Waals surface area (Å²) in [7, 11) is 0. The molecule has 1 atom stereocenters. The molecule has 0 aromatic heterocycles. The molecule has 1 amide bonds. The molecule has 134 valence electrons. The quantitative estimate of drug-likeness (QED) is 0.903. The number of hydrogen-bond donors (Lipinski definition) is 1. The summed E-state index contributed by atoms with van der Waals surface area (Å²) in [6, 6.07) is 19.4. The zero-order valence-electron chi connectivity index (χ0n) is 15.1. The maximum atomic E-state index is 12.5. The number of nitrogens with one attached hydrogen (secondary N) is 1. The average Bonchev–Trinajstić information content (AvgIpc) is 2.69. The van der Waals surface area contributed by atoms with Gasteiger partial charge in [0.2, 0.25) is 5.91 Å². The Morgan fingerprint density at radius 1 is 1.12 bits per heavy atom. The van der Waals surface area contributed by atoms with Crippen LogP contribution in [0, 0.1) is 11.3 Å². The van der Waals surface area contributed by atoms with E-state index in [0.717, 1.165) is 32.7 Å². The van der Waals surface area contributed by atoms with Crippen molar-refractivity contribution >= 4 is 11.6 Å². The van der Waals surface area contributed by atoms with Crippen LogP contribution in [0.1, 0.15) is 18.1 Å². The summed E-state index contributed by atoms with van der Waals surface area (Å²) in [6.07, 6.45) is 0. The number of nitrogens with zero attached hydrogens (tertiary/aromatic N) is 3. The summed E-state index contributed by atoms with van der Waals surface area (Å²) in [5, 5.41) is 11.9. The highest BCUT2D eigenvalue weighted by Crippen LogP contribution is 2.14. The Morgan fingerprint density at radius 3 is 2.54 bits per heavy atom. The highest BCUT2D eigenvalue weighted by Gasteiger charge is 2.25. The standard InChI is InChI=1S/C21H24N4O/c1-17(21(26)23-20-9-5-8-19(14-20)15-22)25-12-10-24(11-13-25)16-18-6-3-2-4-7-18/h2-9,14,17H,10-13,16H2,1H3,(H,23,26)/t17-/m0/s1. The number of carbonyl (C=O) groups excluding carboxylic acids is 1. The van der Waals surface area contributed by atoms with E-state index in [-0.39, 0.29) is 11.9 Å². The number of piperazine rings is 1. The topological polar surface area (TPSA) is 59.4 Å². The molecule has 26 heavy (non-hydrogen) atoms. The van der Waals surface area contributed by atoms with Gasteiger partial charge < -0.3 is 5.32 Å². The van der Waals surface area contributed by atoms with Crippen molar-refractivity contribution < 1.29 is 4.79 Å². The van der Waals surface area contributed by atoms with E-state index in [0.29, 0.717) is 11.3 Å². The predicted molar refractivity (Wildman–Crippen MR) is 103 cm³/mol. The SMILES string of the molecule is C[C@@H](C(=O)Nc1cccc(C#N)c1)N1CCN(Cc2ccccc2)CC1. The van der Waals surface area contributed by atoms with Gasteiger partial charge in [-0.05, 0) is 30.7 Å². The molecule has 3 rings (SSSR count). The third-order valence-corrected chi connectivity index (χ3v) is 4.84. The molecule has 1 aliphatic rings. The lowest BCUT2D eigenvalue weighted by atomic mass is 10.1. The van der Waals surface area contributed by atoms with Crippen LogP contribution in [0.15, 0.2) is 54.6 Å². The maximum Gasteiger partial charge on any atom is 0.241 e. The van der Waals surface area contributed by atoms with E-state index in [1.54, 1.807) is 18.2 Å². The van der Waals surface area contributed by atoms with Gasteiger partial charge in [0.25, 0.3) is 0 Å². The molecular weight excluding hydrogens is 324 g/mol. The number of carbonyl (C=O) groups is 1. The van der Waals surface area contributed by atoms with E-state index < -0.39 is 0 Å². The van der Waals surface area contributed by atoms with E-state index in [1.807, 2.05) is 19.1 Å². The normalized spacial score (nSPS) is 16.6. The van der Waals surface area contributed by atoms with Gasteiger partial charge in [-0.2, -0.15) is 5.26 Å². The van der Waals surface area contributed by atoms with Gasteiger partial charge in [-0.25, -0.2) is 0 Å². The third kappa shape index (κ3) is 4.69. The predicted octanol–water partition coefficient (Wildman–Crippen LogP) is 2.70. The van der Waals surface area contributed by atoms with Crippen molar-refractivity contribution in [1.29, 1.82) is 5.26 Å². The molecule has 1 N–H and O–H groups in total. The first-order chi connectivity index (χ1) is 12.7. The number of anilines is 1. The van der Waals surface area contributed by atoms with E-state index in [2.05, 4.69) is 45.5 Å². The van der Waals surface area contributed by atoms with Gasteiger partial charge in [0, 0.05) is 38.4 Å². The van der Waals surface area contributed by atoms with Crippen molar-refractivity contribution in [3.63, 3.8) is 0 Å². The summed E-state index contributed by atoms with van der Waals surface area (Å²) >= 11 is 0. The third-order valence-electron chi connectivity index (χ3n) is 4.84. The number of hydrogen-bond acceptors (Lipinski definition) is 4. The van der Waals surface area contributed by atoms with Crippen molar-refractivity contribution in [2.24, 2.45) is 0 Å². The first-order valence-electron chi connectivity index (χ1n) is 8.97. The largest absolute Gasteiger partial charge is 0.325 e. The van der Waals surface area contributed by atoms with Gasteiger partial charge in [-0.1, -0.05) is 36.4 Å². The van der Waals surface area contributed by atoms with Gasteiger partial charge in [0.15, 0.2) is 0 Å². The van der Waals surface area contributed by atoms with Crippen LogP contribution in [0.4, 0.5) is 5.69 Å². The molecule has 1 saturated heterocycles. The summed E-state index contributed by atoms with van der Waals surface area (Å²) in [6.45, 7) is 6.55. The summed E-state index contributed by atoms with van der Waals surface area (Å²) in [5.74, 6) is -0.0309. The molecule has 2 aromatic rings. The van der Waals surface area contributed by atoms with E-state index in [1.165, 1.54) is 5.56 Å². The van der Waals surface area contributed by atoms with Crippen LogP contribution in [0.25, 0.3) is 0 Å². The first kappa shape index (κ1) is 18.1. The Hall–Kier alpha value is -2.68. The van der Waals surface area contributed by atoms with Crippen LogP contribution < -0.4 is 5.32 Å². The van der Waals surface area contributed by atoms with E-state index >= 15 is 0 Å². The molecule has 5 nitrogen and oxygen atoms in total. The lowest BCUT2D eigenvalue weighted by molar-refractivity contribution is -0.121. The Balaban J connectivity index is 1.50. The summed E-state index contributed by atoms with van der Waals surface area (Å²) in [4.78, 5) is 17.2. The van der Waals surface area contributed by atoms with E-state index in [4.69, 9.17) is 5.26 Å². The Kier molecular flexibility index (Phi) is 6.00. The van der Waals surface area contributed by atoms with Crippen molar-refractivity contribution in [2.45, 2.75) is 19.5 Å². The lowest BCUT2D eigenvalue weighted by Gasteiger charge is -2.37. The molecule has 1 fully saturated rings. The molecule has 1 aliphatic heterocycles. The molecule has 0 spiro atoms. The van der Waals surface area contributed by atoms with Crippen molar-refractivity contribution in [3.05, 3.63) is 65.7 Å². The Morgan fingerprint density at radius 2 is 1.85 bits per heavy atom. The molecule has 0 radical (unpaired) electrons. The molecule has 5 heteroatoms. The second-order valence-electron chi connectivity index (χ2n) is 6.66. The van der Waals surface area contributed by atoms with Crippen molar-refractivity contribution in [2.75, 3.05) is 31.5 Å². The Bertz CT molecular complexity index is 776. The van der Waals surface area contributed by atoms with Crippen LogP contribution >= 0.6 is 0 Å². The molecule has 0 aliphatic carbocycles. The van der Waals surface area contributed by atoms with Gasteiger partial charge in [-0.15, -0.1) is 0 Å².